The first kappa shape index (κ1) is 15.2. The predicted octanol–water partition coefficient (Wildman–Crippen LogP) is 3.64. The fourth-order valence-electron chi connectivity index (χ4n) is 1.90. The number of halogens is 3. The number of hydrogen-bond acceptors (Lipinski definition) is 3. The second-order valence-corrected chi connectivity index (χ2v) is 4.37. The van der Waals surface area contributed by atoms with E-state index in [4.69, 9.17) is 10.5 Å². The minimum Gasteiger partial charge on any atom is -0.497 e. The molecule has 0 amide bonds. The summed E-state index contributed by atoms with van der Waals surface area (Å²) in [6.07, 6.45) is -4.70. The smallest absolute Gasteiger partial charge is 0.497 e. The van der Waals surface area contributed by atoms with Gasteiger partial charge in [0.05, 0.1) is 13.2 Å². The van der Waals surface area contributed by atoms with Crippen LogP contribution in [0, 0.1) is 0 Å². The van der Waals surface area contributed by atoms with Crippen molar-refractivity contribution in [1.29, 1.82) is 0 Å². The van der Waals surface area contributed by atoms with E-state index in [1.807, 2.05) is 6.07 Å². The summed E-state index contributed by atoms with van der Waals surface area (Å²) in [5, 5.41) is 0. The number of nitrogens with two attached hydrogens (primary N) is 1. The van der Waals surface area contributed by atoms with Crippen LogP contribution in [0.4, 0.5) is 13.2 Å². The highest BCUT2D eigenvalue weighted by Crippen LogP contribution is 2.27. The third-order valence-electron chi connectivity index (χ3n) is 2.93. The van der Waals surface area contributed by atoms with Crippen molar-refractivity contribution in [2.45, 2.75) is 12.4 Å². The molecule has 0 fully saturated rings. The van der Waals surface area contributed by atoms with Crippen molar-refractivity contribution in [3.8, 4) is 11.5 Å². The van der Waals surface area contributed by atoms with Crippen LogP contribution in [-0.2, 0) is 0 Å². The van der Waals surface area contributed by atoms with Gasteiger partial charge in [0.1, 0.15) is 11.5 Å². The molecule has 0 aliphatic rings. The maximum absolute atomic E-state index is 12.1. The molecular weight excluding hydrogens is 283 g/mol. The highest BCUT2D eigenvalue weighted by Gasteiger charge is 2.31. The lowest BCUT2D eigenvalue weighted by molar-refractivity contribution is -0.274. The van der Waals surface area contributed by atoms with Crippen LogP contribution in [-0.4, -0.2) is 13.5 Å². The fraction of sp³-hybridized carbons (Fsp3) is 0.200. The van der Waals surface area contributed by atoms with Gasteiger partial charge in [-0.1, -0.05) is 24.3 Å². The lowest BCUT2D eigenvalue weighted by Crippen LogP contribution is -2.17. The fourth-order valence-corrected chi connectivity index (χ4v) is 1.90. The number of rotatable bonds is 4. The van der Waals surface area contributed by atoms with Gasteiger partial charge in [0.2, 0.25) is 0 Å². The van der Waals surface area contributed by atoms with Crippen LogP contribution in [0.5, 0.6) is 11.5 Å². The Bertz CT molecular complexity index is 597. The van der Waals surface area contributed by atoms with Gasteiger partial charge in [-0.25, -0.2) is 0 Å². The van der Waals surface area contributed by atoms with E-state index in [1.54, 1.807) is 25.3 Å². The summed E-state index contributed by atoms with van der Waals surface area (Å²) in [7, 11) is 1.55. The molecule has 1 unspecified atom stereocenters. The van der Waals surface area contributed by atoms with Gasteiger partial charge in [-0.15, -0.1) is 13.2 Å². The van der Waals surface area contributed by atoms with Crippen molar-refractivity contribution in [2.75, 3.05) is 7.11 Å². The largest absolute Gasteiger partial charge is 0.573 e. The minimum atomic E-state index is -4.70. The van der Waals surface area contributed by atoms with E-state index in [-0.39, 0.29) is 5.75 Å². The first-order valence-corrected chi connectivity index (χ1v) is 6.14. The molecule has 6 heteroatoms. The van der Waals surface area contributed by atoms with E-state index in [9.17, 15) is 13.2 Å². The van der Waals surface area contributed by atoms with Crippen molar-refractivity contribution in [3.05, 3.63) is 59.7 Å². The molecule has 0 aliphatic heterocycles. The molecule has 21 heavy (non-hydrogen) atoms. The maximum atomic E-state index is 12.1. The Hall–Kier alpha value is -2.21. The van der Waals surface area contributed by atoms with Gasteiger partial charge in [0, 0.05) is 0 Å². The van der Waals surface area contributed by atoms with Gasteiger partial charge in [-0.05, 0) is 35.4 Å². The SMILES string of the molecule is COc1cccc(C(N)c2ccc(OC(F)(F)F)cc2)c1. The molecule has 1 atom stereocenters. The third kappa shape index (κ3) is 4.13. The molecule has 2 aromatic carbocycles. The summed E-state index contributed by atoms with van der Waals surface area (Å²) >= 11 is 0. The molecule has 0 aromatic heterocycles. The first-order chi connectivity index (χ1) is 9.89. The van der Waals surface area contributed by atoms with E-state index in [2.05, 4.69) is 4.74 Å². The summed E-state index contributed by atoms with van der Waals surface area (Å²) < 4.78 is 45.2. The number of ether oxygens (including phenoxy) is 2. The number of benzene rings is 2. The Morgan fingerprint density at radius 3 is 2.19 bits per heavy atom. The summed E-state index contributed by atoms with van der Waals surface area (Å²) in [6, 6.07) is 12.2. The Morgan fingerprint density at radius 1 is 0.952 bits per heavy atom. The average molecular weight is 297 g/mol. The quantitative estimate of drug-likeness (QED) is 0.937. The van der Waals surface area contributed by atoms with E-state index in [1.165, 1.54) is 24.3 Å². The van der Waals surface area contributed by atoms with Gasteiger partial charge in [0.25, 0.3) is 0 Å². The maximum Gasteiger partial charge on any atom is 0.573 e. The van der Waals surface area contributed by atoms with Crippen LogP contribution in [0.25, 0.3) is 0 Å². The van der Waals surface area contributed by atoms with Crippen molar-refractivity contribution in [1.82, 2.24) is 0 Å². The monoisotopic (exact) mass is 297 g/mol. The van der Waals surface area contributed by atoms with Crippen molar-refractivity contribution in [3.63, 3.8) is 0 Å². The molecule has 0 bridgehead atoms. The summed E-state index contributed by atoms with van der Waals surface area (Å²) in [4.78, 5) is 0. The van der Waals surface area contributed by atoms with Gasteiger partial charge in [-0.2, -0.15) is 0 Å². The molecule has 0 aliphatic carbocycles. The highest BCUT2D eigenvalue weighted by molar-refractivity contribution is 5.38. The first-order valence-electron chi connectivity index (χ1n) is 6.14. The summed E-state index contributed by atoms with van der Waals surface area (Å²) in [6.45, 7) is 0. The van der Waals surface area contributed by atoms with E-state index in [0.29, 0.717) is 11.3 Å². The zero-order valence-electron chi connectivity index (χ0n) is 11.2. The number of alkyl halides is 3. The number of hydrogen-bond donors (Lipinski definition) is 1. The van der Waals surface area contributed by atoms with Crippen LogP contribution in [0.2, 0.25) is 0 Å². The van der Waals surface area contributed by atoms with Gasteiger partial charge in [-0.3, -0.25) is 0 Å². The Balaban J connectivity index is 2.17. The molecule has 2 N–H and O–H groups in total. The molecule has 0 radical (unpaired) electrons. The van der Waals surface area contributed by atoms with E-state index >= 15 is 0 Å². The molecule has 0 spiro atoms. The normalized spacial score (nSPS) is 12.8. The highest BCUT2D eigenvalue weighted by atomic mass is 19.4. The third-order valence-corrected chi connectivity index (χ3v) is 2.93. The molecular formula is C15H14F3NO2. The molecule has 0 saturated heterocycles. The van der Waals surface area contributed by atoms with Crippen molar-refractivity contribution < 1.29 is 22.6 Å². The van der Waals surface area contributed by atoms with Gasteiger partial charge >= 0.3 is 6.36 Å². The number of methoxy groups -OCH3 is 1. The zero-order valence-corrected chi connectivity index (χ0v) is 11.2. The van der Waals surface area contributed by atoms with E-state index in [0.717, 1.165) is 5.56 Å². The van der Waals surface area contributed by atoms with Crippen LogP contribution >= 0.6 is 0 Å². The predicted molar refractivity (Wildman–Crippen MR) is 72.1 cm³/mol. The molecule has 2 aromatic rings. The molecule has 0 saturated carbocycles. The summed E-state index contributed by atoms with van der Waals surface area (Å²) in [5.41, 5.74) is 7.58. The lowest BCUT2D eigenvalue weighted by Gasteiger charge is -2.15. The second-order valence-electron chi connectivity index (χ2n) is 4.37. The molecule has 2 rings (SSSR count). The molecule has 112 valence electrons. The zero-order chi connectivity index (χ0) is 15.5. The van der Waals surface area contributed by atoms with Crippen LogP contribution in [0.15, 0.2) is 48.5 Å². The Labute approximate surface area is 120 Å². The Kier molecular flexibility index (Phi) is 4.37. The lowest BCUT2D eigenvalue weighted by atomic mass is 9.99. The topological polar surface area (TPSA) is 44.5 Å². The van der Waals surface area contributed by atoms with Gasteiger partial charge < -0.3 is 15.2 Å². The van der Waals surface area contributed by atoms with Crippen LogP contribution in [0.1, 0.15) is 17.2 Å². The van der Waals surface area contributed by atoms with Gasteiger partial charge in [0.15, 0.2) is 0 Å². The van der Waals surface area contributed by atoms with Crippen LogP contribution in [0.3, 0.4) is 0 Å². The van der Waals surface area contributed by atoms with E-state index < -0.39 is 12.4 Å². The Morgan fingerprint density at radius 2 is 1.62 bits per heavy atom. The average Bonchev–Trinajstić information content (AvgIpc) is 2.46. The molecule has 3 nitrogen and oxygen atoms in total. The van der Waals surface area contributed by atoms with Crippen molar-refractivity contribution >= 4 is 0 Å². The standard InChI is InChI=1S/C15H14F3NO2/c1-20-13-4-2-3-11(9-13)14(19)10-5-7-12(8-6-10)21-15(16,17)18/h2-9,14H,19H2,1H3. The van der Waals surface area contributed by atoms with Crippen molar-refractivity contribution in [2.24, 2.45) is 5.73 Å². The van der Waals surface area contributed by atoms with Crippen LogP contribution < -0.4 is 15.2 Å². The second kappa shape index (κ2) is 6.05. The molecule has 0 heterocycles. The summed E-state index contributed by atoms with van der Waals surface area (Å²) in [5.74, 6) is 0.393. The minimum absolute atomic E-state index is 0.274.